The standard InChI is InChI=1S/C8H6O3.C6H6/c9-7(8(10)11)6-4-2-1-3-5-6;1-2-4-6-5-3-1/h1-5H,(H,10,11);1-6H. The summed E-state index contributed by atoms with van der Waals surface area (Å²) in [6.07, 6.45) is 0. The van der Waals surface area contributed by atoms with E-state index < -0.39 is 11.8 Å². The summed E-state index contributed by atoms with van der Waals surface area (Å²) in [6, 6.07) is 19.9. The number of carboxylic acids is 1. The second-order valence-electron chi connectivity index (χ2n) is 3.16. The van der Waals surface area contributed by atoms with Crippen LogP contribution in [-0.2, 0) is 4.79 Å². The molecule has 3 heteroatoms. The molecule has 0 heterocycles. The van der Waals surface area contributed by atoms with Crippen LogP contribution >= 0.6 is 0 Å². The lowest BCUT2D eigenvalue weighted by Gasteiger charge is -1.91. The lowest BCUT2D eigenvalue weighted by Crippen LogP contribution is -2.12. The Kier molecular flexibility index (Phi) is 5.17. The Morgan fingerprint density at radius 3 is 1.41 bits per heavy atom. The van der Waals surface area contributed by atoms with Crippen LogP contribution in [0.2, 0.25) is 0 Å². The second-order valence-corrected chi connectivity index (χ2v) is 3.16. The van der Waals surface area contributed by atoms with Crippen molar-refractivity contribution < 1.29 is 14.7 Å². The van der Waals surface area contributed by atoms with Gasteiger partial charge in [-0.25, -0.2) is 4.79 Å². The number of Topliss-reactive ketones (excluding diaryl/α,β-unsaturated/α-hetero) is 1. The zero-order valence-corrected chi connectivity index (χ0v) is 9.11. The molecule has 0 saturated heterocycles. The average molecular weight is 228 g/mol. The summed E-state index contributed by atoms with van der Waals surface area (Å²) >= 11 is 0. The highest BCUT2D eigenvalue weighted by Crippen LogP contribution is 1.98. The van der Waals surface area contributed by atoms with Gasteiger partial charge in [0, 0.05) is 5.56 Å². The van der Waals surface area contributed by atoms with E-state index in [-0.39, 0.29) is 5.56 Å². The quantitative estimate of drug-likeness (QED) is 0.635. The predicted octanol–water partition coefficient (Wildman–Crippen LogP) is 2.64. The van der Waals surface area contributed by atoms with Crippen LogP contribution in [-0.4, -0.2) is 16.9 Å². The number of hydrogen-bond acceptors (Lipinski definition) is 2. The van der Waals surface area contributed by atoms with E-state index >= 15 is 0 Å². The summed E-state index contributed by atoms with van der Waals surface area (Å²) in [7, 11) is 0. The minimum absolute atomic E-state index is 0.208. The molecule has 0 radical (unpaired) electrons. The maximum absolute atomic E-state index is 10.7. The van der Waals surface area contributed by atoms with Crippen LogP contribution in [0.4, 0.5) is 0 Å². The molecule has 86 valence electrons. The fourth-order valence-corrected chi connectivity index (χ4v) is 1.10. The Morgan fingerprint density at radius 2 is 1.06 bits per heavy atom. The first-order valence-corrected chi connectivity index (χ1v) is 5.04. The van der Waals surface area contributed by atoms with E-state index in [2.05, 4.69) is 0 Å². The van der Waals surface area contributed by atoms with Gasteiger partial charge < -0.3 is 5.11 Å². The summed E-state index contributed by atoms with van der Waals surface area (Å²) in [5, 5.41) is 8.29. The molecule has 0 saturated carbocycles. The van der Waals surface area contributed by atoms with Gasteiger partial charge in [0.15, 0.2) is 0 Å². The zero-order valence-electron chi connectivity index (χ0n) is 9.11. The van der Waals surface area contributed by atoms with E-state index in [1.54, 1.807) is 18.2 Å². The van der Waals surface area contributed by atoms with E-state index in [0.717, 1.165) is 0 Å². The largest absolute Gasteiger partial charge is 0.475 e. The van der Waals surface area contributed by atoms with Crippen molar-refractivity contribution in [1.29, 1.82) is 0 Å². The molecule has 0 fully saturated rings. The molecule has 3 nitrogen and oxygen atoms in total. The van der Waals surface area contributed by atoms with Crippen molar-refractivity contribution in [3.8, 4) is 0 Å². The third-order valence-corrected chi connectivity index (χ3v) is 1.90. The molecule has 0 aliphatic carbocycles. The number of ketones is 1. The number of aliphatic carboxylic acids is 1. The lowest BCUT2D eigenvalue weighted by molar-refractivity contribution is -0.131. The SMILES string of the molecule is O=C(O)C(=O)c1ccccc1.c1ccccc1. The van der Waals surface area contributed by atoms with Crippen molar-refractivity contribution in [2.45, 2.75) is 0 Å². The zero-order chi connectivity index (χ0) is 12.5. The number of benzene rings is 2. The first-order valence-electron chi connectivity index (χ1n) is 5.04. The molecule has 0 atom stereocenters. The molecule has 0 aliphatic rings. The average Bonchev–Trinajstić information content (AvgIpc) is 2.41. The Bertz CT molecular complexity index is 437. The van der Waals surface area contributed by atoms with Crippen LogP contribution < -0.4 is 0 Å². The van der Waals surface area contributed by atoms with Gasteiger partial charge in [0.1, 0.15) is 0 Å². The normalized spacial score (nSPS) is 8.71. The summed E-state index contributed by atoms with van der Waals surface area (Å²) in [6.45, 7) is 0. The minimum Gasteiger partial charge on any atom is -0.475 e. The Balaban J connectivity index is 0.000000202. The third-order valence-electron chi connectivity index (χ3n) is 1.90. The first kappa shape index (κ1) is 12.6. The highest BCUT2D eigenvalue weighted by atomic mass is 16.4. The second kappa shape index (κ2) is 6.95. The molecule has 0 spiro atoms. The maximum Gasteiger partial charge on any atom is 0.377 e. The van der Waals surface area contributed by atoms with Crippen molar-refractivity contribution in [3.05, 3.63) is 72.3 Å². The maximum atomic E-state index is 10.7. The monoisotopic (exact) mass is 228 g/mol. The highest BCUT2D eigenvalue weighted by molar-refractivity contribution is 6.39. The molecular weight excluding hydrogens is 216 g/mol. The molecule has 2 aromatic rings. The van der Waals surface area contributed by atoms with Crippen LogP contribution in [0.5, 0.6) is 0 Å². The van der Waals surface area contributed by atoms with Crippen molar-refractivity contribution in [2.75, 3.05) is 0 Å². The summed E-state index contributed by atoms with van der Waals surface area (Å²) in [5.74, 6) is -2.29. The third kappa shape index (κ3) is 4.75. The van der Waals surface area contributed by atoms with Gasteiger partial charge in [0.05, 0.1) is 0 Å². The van der Waals surface area contributed by atoms with Gasteiger partial charge in [-0.15, -0.1) is 0 Å². The van der Waals surface area contributed by atoms with Crippen LogP contribution in [0.3, 0.4) is 0 Å². The minimum atomic E-state index is -1.42. The molecule has 2 aromatic carbocycles. The summed E-state index contributed by atoms with van der Waals surface area (Å²) < 4.78 is 0. The van der Waals surface area contributed by atoms with Crippen LogP contribution in [0.1, 0.15) is 10.4 Å². The van der Waals surface area contributed by atoms with Crippen molar-refractivity contribution in [1.82, 2.24) is 0 Å². The fourth-order valence-electron chi connectivity index (χ4n) is 1.10. The number of carbonyl (C=O) groups is 2. The molecule has 0 unspecified atom stereocenters. The van der Waals surface area contributed by atoms with E-state index in [1.807, 2.05) is 36.4 Å². The fraction of sp³-hybridized carbons (Fsp3) is 0. The number of carbonyl (C=O) groups excluding carboxylic acids is 1. The Labute approximate surface area is 99.3 Å². The summed E-state index contributed by atoms with van der Waals surface area (Å²) in [5.41, 5.74) is 0.208. The number of rotatable bonds is 2. The first-order chi connectivity index (χ1) is 8.22. The lowest BCUT2D eigenvalue weighted by atomic mass is 10.1. The van der Waals surface area contributed by atoms with Crippen molar-refractivity contribution in [2.24, 2.45) is 0 Å². The van der Waals surface area contributed by atoms with E-state index in [1.165, 1.54) is 12.1 Å². The van der Waals surface area contributed by atoms with E-state index in [0.29, 0.717) is 0 Å². The van der Waals surface area contributed by atoms with Gasteiger partial charge in [-0.3, -0.25) is 4.79 Å². The van der Waals surface area contributed by atoms with Crippen molar-refractivity contribution in [3.63, 3.8) is 0 Å². The van der Waals surface area contributed by atoms with Gasteiger partial charge in [-0.1, -0.05) is 66.7 Å². The molecule has 0 bridgehead atoms. The number of carboxylic acid groups (broad SMARTS) is 1. The van der Waals surface area contributed by atoms with E-state index in [9.17, 15) is 9.59 Å². The van der Waals surface area contributed by atoms with Gasteiger partial charge >= 0.3 is 5.97 Å². The molecule has 17 heavy (non-hydrogen) atoms. The highest BCUT2D eigenvalue weighted by Gasteiger charge is 2.12. The van der Waals surface area contributed by atoms with Gasteiger partial charge in [0.2, 0.25) is 0 Å². The van der Waals surface area contributed by atoms with Crippen LogP contribution in [0, 0.1) is 0 Å². The van der Waals surface area contributed by atoms with Gasteiger partial charge in [0.25, 0.3) is 5.78 Å². The Hall–Kier alpha value is -2.42. The molecular formula is C14H12O3. The molecule has 0 amide bonds. The molecule has 0 aliphatic heterocycles. The number of hydrogen-bond donors (Lipinski definition) is 1. The van der Waals surface area contributed by atoms with Crippen LogP contribution in [0.15, 0.2) is 66.7 Å². The topological polar surface area (TPSA) is 54.4 Å². The van der Waals surface area contributed by atoms with Crippen LogP contribution in [0.25, 0.3) is 0 Å². The van der Waals surface area contributed by atoms with E-state index in [4.69, 9.17) is 5.11 Å². The molecule has 0 aromatic heterocycles. The molecule has 1 N–H and O–H groups in total. The van der Waals surface area contributed by atoms with Crippen molar-refractivity contribution >= 4 is 11.8 Å². The van der Waals surface area contributed by atoms with Gasteiger partial charge in [-0.2, -0.15) is 0 Å². The predicted molar refractivity (Wildman–Crippen MR) is 64.9 cm³/mol. The smallest absolute Gasteiger partial charge is 0.377 e. The molecule has 2 rings (SSSR count). The Morgan fingerprint density at radius 1 is 0.706 bits per heavy atom. The van der Waals surface area contributed by atoms with Gasteiger partial charge in [-0.05, 0) is 0 Å². The summed E-state index contributed by atoms with van der Waals surface area (Å²) in [4.78, 5) is 20.9.